The quantitative estimate of drug-likeness (QED) is 0.734. The minimum Gasteiger partial charge on any atom is -0.497 e. The molecule has 2 aromatic heterocycles. The minimum absolute atomic E-state index is 0.353. The lowest BCUT2D eigenvalue weighted by molar-refractivity contribution is 0.414. The van der Waals surface area contributed by atoms with Crippen LogP contribution in [0.5, 0.6) is 5.75 Å². The van der Waals surface area contributed by atoms with E-state index in [0.717, 1.165) is 0 Å². The molecule has 6 nitrogen and oxygen atoms in total. The number of methoxy groups -OCH3 is 1. The molecule has 0 fully saturated rings. The lowest BCUT2D eigenvalue weighted by atomic mass is 10.1. The maximum Gasteiger partial charge on any atom is 0.260 e. The van der Waals surface area contributed by atoms with Crippen LogP contribution in [-0.4, -0.2) is 22.2 Å². The van der Waals surface area contributed by atoms with Gasteiger partial charge in [-0.2, -0.15) is 4.98 Å². The molecule has 0 saturated heterocycles. The van der Waals surface area contributed by atoms with Crippen LogP contribution in [0, 0.1) is 0 Å². The lowest BCUT2D eigenvalue weighted by Crippen LogP contribution is -1.92. The fourth-order valence-corrected chi connectivity index (χ4v) is 1.79. The van der Waals surface area contributed by atoms with Gasteiger partial charge in [0.1, 0.15) is 11.4 Å². The summed E-state index contributed by atoms with van der Waals surface area (Å²) in [5.74, 6) is 1.46. The number of ether oxygens (including phenoxy) is 1. The first-order chi connectivity index (χ1) is 9.78. The predicted molar refractivity (Wildman–Crippen MR) is 73.9 cm³/mol. The average Bonchev–Trinajstić information content (AvgIpc) is 2.97. The predicted octanol–water partition coefficient (Wildman–Crippen LogP) is 2.39. The van der Waals surface area contributed by atoms with Crippen molar-refractivity contribution < 1.29 is 9.26 Å². The number of nitrogens with zero attached hydrogens (tertiary/aromatic N) is 3. The van der Waals surface area contributed by atoms with Crippen LogP contribution >= 0.6 is 0 Å². The van der Waals surface area contributed by atoms with Gasteiger partial charge in [0.15, 0.2) is 0 Å². The molecular formula is C14H12N4O2. The molecule has 100 valence electrons. The van der Waals surface area contributed by atoms with Gasteiger partial charge in [0.2, 0.25) is 5.82 Å². The summed E-state index contributed by atoms with van der Waals surface area (Å²) in [6.07, 6.45) is 1.67. The van der Waals surface area contributed by atoms with Gasteiger partial charge in [0.05, 0.1) is 12.7 Å². The maximum absolute atomic E-state index is 5.95. The van der Waals surface area contributed by atoms with Crippen molar-refractivity contribution in [1.82, 2.24) is 15.1 Å². The average molecular weight is 268 g/mol. The van der Waals surface area contributed by atoms with Gasteiger partial charge in [-0.3, -0.25) is 4.98 Å². The van der Waals surface area contributed by atoms with Crippen molar-refractivity contribution in [2.75, 3.05) is 12.8 Å². The van der Waals surface area contributed by atoms with Gasteiger partial charge < -0.3 is 15.0 Å². The Hall–Kier alpha value is -2.89. The van der Waals surface area contributed by atoms with Crippen LogP contribution in [0.4, 0.5) is 5.69 Å². The second kappa shape index (κ2) is 5.00. The fourth-order valence-electron chi connectivity index (χ4n) is 1.79. The number of rotatable bonds is 3. The molecule has 1 aromatic carbocycles. The first-order valence-corrected chi connectivity index (χ1v) is 5.97. The second-order valence-corrected chi connectivity index (χ2v) is 4.09. The summed E-state index contributed by atoms with van der Waals surface area (Å²) in [5.41, 5.74) is 7.78. The Balaban J connectivity index is 1.98. The molecule has 0 aliphatic carbocycles. The van der Waals surface area contributed by atoms with Crippen molar-refractivity contribution in [3.8, 4) is 28.7 Å². The van der Waals surface area contributed by atoms with Crippen molar-refractivity contribution in [2.45, 2.75) is 0 Å². The highest BCUT2D eigenvalue weighted by atomic mass is 16.5. The molecule has 0 spiro atoms. The SMILES string of the molecule is COc1ccc(-c2nc(-c3ccccn3)no2)c(N)c1. The lowest BCUT2D eigenvalue weighted by Gasteiger charge is -2.03. The Labute approximate surface area is 115 Å². The molecule has 0 atom stereocenters. The molecule has 0 aliphatic rings. The number of hydrogen-bond acceptors (Lipinski definition) is 6. The van der Waals surface area contributed by atoms with Crippen molar-refractivity contribution >= 4 is 5.69 Å². The van der Waals surface area contributed by atoms with E-state index in [4.69, 9.17) is 15.0 Å². The topological polar surface area (TPSA) is 87.1 Å². The van der Waals surface area contributed by atoms with E-state index in [9.17, 15) is 0 Å². The maximum atomic E-state index is 5.95. The molecule has 20 heavy (non-hydrogen) atoms. The molecule has 0 unspecified atom stereocenters. The van der Waals surface area contributed by atoms with E-state index in [-0.39, 0.29) is 0 Å². The summed E-state index contributed by atoms with van der Waals surface area (Å²) in [7, 11) is 1.58. The number of aromatic nitrogens is 3. The zero-order valence-corrected chi connectivity index (χ0v) is 10.8. The summed E-state index contributed by atoms with van der Waals surface area (Å²) in [6, 6.07) is 10.8. The van der Waals surface area contributed by atoms with Crippen LogP contribution in [0.2, 0.25) is 0 Å². The Morgan fingerprint density at radius 2 is 2.10 bits per heavy atom. The highest BCUT2D eigenvalue weighted by Gasteiger charge is 2.14. The molecule has 0 radical (unpaired) electrons. The molecule has 3 rings (SSSR count). The third-order valence-corrected chi connectivity index (χ3v) is 2.81. The molecule has 0 saturated carbocycles. The summed E-state index contributed by atoms with van der Waals surface area (Å²) in [4.78, 5) is 8.48. The summed E-state index contributed by atoms with van der Waals surface area (Å²) in [6.45, 7) is 0. The third kappa shape index (κ3) is 2.18. The zero-order chi connectivity index (χ0) is 13.9. The van der Waals surface area contributed by atoms with Crippen LogP contribution in [0.1, 0.15) is 0 Å². The molecule has 0 bridgehead atoms. The smallest absolute Gasteiger partial charge is 0.260 e. The van der Waals surface area contributed by atoms with Gasteiger partial charge in [-0.25, -0.2) is 0 Å². The van der Waals surface area contributed by atoms with E-state index in [1.165, 1.54) is 0 Å². The summed E-state index contributed by atoms with van der Waals surface area (Å²) >= 11 is 0. The molecule has 2 N–H and O–H groups in total. The normalized spacial score (nSPS) is 10.4. The van der Waals surface area contributed by atoms with Gasteiger partial charge in [0, 0.05) is 18.0 Å². The van der Waals surface area contributed by atoms with Crippen LogP contribution in [0.15, 0.2) is 47.1 Å². The van der Waals surface area contributed by atoms with Gasteiger partial charge >= 0.3 is 0 Å². The van der Waals surface area contributed by atoms with E-state index in [0.29, 0.717) is 34.4 Å². The Kier molecular flexibility index (Phi) is 3.04. The highest BCUT2D eigenvalue weighted by molar-refractivity contribution is 5.72. The number of pyridine rings is 1. The standard InChI is InChI=1S/C14H12N4O2/c1-19-9-5-6-10(11(15)8-9)14-17-13(18-20-14)12-4-2-3-7-16-12/h2-8H,15H2,1H3. The highest BCUT2D eigenvalue weighted by Crippen LogP contribution is 2.29. The van der Waals surface area contributed by atoms with Crippen LogP contribution in [0.3, 0.4) is 0 Å². The summed E-state index contributed by atoms with van der Waals surface area (Å²) < 4.78 is 10.3. The zero-order valence-electron chi connectivity index (χ0n) is 10.8. The molecule has 3 aromatic rings. The van der Waals surface area contributed by atoms with Gasteiger partial charge in [-0.15, -0.1) is 0 Å². The van der Waals surface area contributed by atoms with Crippen LogP contribution < -0.4 is 10.5 Å². The first kappa shape index (κ1) is 12.2. The second-order valence-electron chi connectivity index (χ2n) is 4.09. The van der Waals surface area contributed by atoms with E-state index in [2.05, 4.69) is 15.1 Å². The van der Waals surface area contributed by atoms with E-state index in [1.54, 1.807) is 31.5 Å². The third-order valence-electron chi connectivity index (χ3n) is 2.81. The van der Waals surface area contributed by atoms with Crippen molar-refractivity contribution in [3.63, 3.8) is 0 Å². The number of nitrogen functional groups attached to an aromatic ring is 1. The van der Waals surface area contributed by atoms with Gasteiger partial charge in [-0.05, 0) is 24.3 Å². The Bertz CT molecular complexity index is 725. The van der Waals surface area contributed by atoms with E-state index >= 15 is 0 Å². The van der Waals surface area contributed by atoms with Crippen LogP contribution in [-0.2, 0) is 0 Å². The van der Waals surface area contributed by atoms with Gasteiger partial charge in [-0.1, -0.05) is 11.2 Å². The number of nitrogens with two attached hydrogens (primary N) is 1. The largest absolute Gasteiger partial charge is 0.497 e. The van der Waals surface area contributed by atoms with Crippen molar-refractivity contribution in [3.05, 3.63) is 42.6 Å². The molecule has 0 amide bonds. The fraction of sp³-hybridized carbons (Fsp3) is 0.0714. The Morgan fingerprint density at radius 3 is 2.80 bits per heavy atom. The number of hydrogen-bond donors (Lipinski definition) is 1. The summed E-state index contributed by atoms with van der Waals surface area (Å²) in [5, 5.41) is 3.91. The number of anilines is 1. The van der Waals surface area contributed by atoms with Crippen molar-refractivity contribution in [1.29, 1.82) is 0 Å². The van der Waals surface area contributed by atoms with E-state index < -0.39 is 0 Å². The van der Waals surface area contributed by atoms with Crippen LogP contribution in [0.25, 0.3) is 23.0 Å². The van der Waals surface area contributed by atoms with Crippen molar-refractivity contribution in [2.24, 2.45) is 0 Å². The molecule has 0 aliphatic heterocycles. The Morgan fingerprint density at radius 1 is 1.20 bits per heavy atom. The molecule has 6 heteroatoms. The van der Waals surface area contributed by atoms with Gasteiger partial charge in [0.25, 0.3) is 5.89 Å². The molecular weight excluding hydrogens is 256 g/mol. The number of benzene rings is 1. The molecule has 2 heterocycles. The monoisotopic (exact) mass is 268 g/mol. The minimum atomic E-state index is 0.353. The first-order valence-electron chi connectivity index (χ1n) is 5.97. The van der Waals surface area contributed by atoms with E-state index in [1.807, 2.05) is 18.2 Å².